The lowest BCUT2D eigenvalue weighted by atomic mass is 10.0. The van der Waals surface area contributed by atoms with Crippen LogP contribution >= 0.6 is 0 Å². The minimum atomic E-state index is -0.564. The van der Waals surface area contributed by atoms with E-state index in [0.29, 0.717) is 16.2 Å². The summed E-state index contributed by atoms with van der Waals surface area (Å²) in [6.07, 6.45) is 1.63. The lowest BCUT2D eigenvalue weighted by Crippen LogP contribution is -2.41. The number of amides is 2. The van der Waals surface area contributed by atoms with E-state index in [1.165, 1.54) is 6.92 Å². The first-order valence-corrected chi connectivity index (χ1v) is 7.26. The number of rotatable bonds is 3. The van der Waals surface area contributed by atoms with Gasteiger partial charge >= 0.3 is 0 Å². The van der Waals surface area contributed by atoms with E-state index < -0.39 is 11.8 Å². The summed E-state index contributed by atoms with van der Waals surface area (Å²) in [6.45, 7) is 1.23. The first-order valence-electron chi connectivity index (χ1n) is 7.26. The highest BCUT2D eigenvalue weighted by Gasteiger charge is 2.18. The Hall–Kier alpha value is -3.12. The monoisotopic (exact) mass is 324 g/mol. The lowest BCUT2D eigenvalue weighted by Gasteiger charge is -2.12. The Balaban J connectivity index is 2.05. The fourth-order valence-corrected chi connectivity index (χ4v) is 2.44. The van der Waals surface area contributed by atoms with Crippen LogP contribution in [0.3, 0.4) is 0 Å². The zero-order chi connectivity index (χ0) is 17.3. The molecule has 0 unspecified atom stereocenters. The number of nitrogens with zero attached hydrogens (tertiary/aromatic N) is 1. The quantitative estimate of drug-likeness (QED) is 0.455. The summed E-state index contributed by atoms with van der Waals surface area (Å²) in [6, 6.07) is 12.4. The highest BCUT2D eigenvalue weighted by atomic mass is 16.5. The van der Waals surface area contributed by atoms with Crippen LogP contribution in [-0.4, -0.2) is 23.9 Å². The Bertz CT molecular complexity index is 912. The average Bonchev–Trinajstić information content (AvgIpc) is 3.03. The van der Waals surface area contributed by atoms with Crippen LogP contribution in [0.25, 0.3) is 22.1 Å². The van der Waals surface area contributed by atoms with Crippen LogP contribution in [0, 0.1) is 0 Å². The van der Waals surface area contributed by atoms with Gasteiger partial charge in [-0.3, -0.25) is 9.59 Å². The molecule has 3 rings (SSSR count). The van der Waals surface area contributed by atoms with E-state index in [0.717, 1.165) is 22.3 Å². The van der Waals surface area contributed by atoms with Gasteiger partial charge in [-0.25, -0.2) is 10.9 Å². The van der Waals surface area contributed by atoms with E-state index in [1.54, 1.807) is 31.6 Å². The Labute approximate surface area is 138 Å². The van der Waals surface area contributed by atoms with Crippen molar-refractivity contribution in [1.82, 2.24) is 5.01 Å². The molecule has 24 heavy (non-hydrogen) atoms. The van der Waals surface area contributed by atoms with Gasteiger partial charge in [0, 0.05) is 23.4 Å². The predicted octanol–water partition coefficient (Wildman–Crippen LogP) is 2.97. The van der Waals surface area contributed by atoms with Crippen molar-refractivity contribution in [2.24, 2.45) is 5.84 Å². The maximum Gasteiger partial charge on any atom is 0.274 e. The normalized spacial score (nSPS) is 10.6. The highest BCUT2D eigenvalue weighted by Crippen LogP contribution is 2.32. The number of imide groups is 1. The number of methoxy groups -OCH3 is 1. The molecule has 1 heterocycles. The molecule has 2 N–H and O–H groups in total. The van der Waals surface area contributed by atoms with Gasteiger partial charge < -0.3 is 9.15 Å². The Morgan fingerprint density at radius 3 is 2.46 bits per heavy atom. The van der Waals surface area contributed by atoms with Crippen LogP contribution in [0.15, 0.2) is 53.1 Å². The number of carbonyl (C=O) groups is 2. The molecule has 1 aromatic heterocycles. The Morgan fingerprint density at radius 1 is 1.12 bits per heavy atom. The molecule has 6 heteroatoms. The van der Waals surface area contributed by atoms with Crippen molar-refractivity contribution in [2.45, 2.75) is 6.92 Å². The Morgan fingerprint density at radius 2 is 1.83 bits per heavy atom. The first kappa shape index (κ1) is 15.8. The number of benzene rings is 2. The van der Waals surface area contributed by atoms with Gasteiger partial charge in [-0.2, -0.15) is 0 Å². The molecule has 6 nitrogen and oxygen atoms in total. The second-order valence-corrected chi connectivity index (χ2v) is 5.28. The van der Waals surface area contributed by atoms with Crippen LogP contribution in [0.5, 0.6) is 5.75 Å². The van der Waals surface area contributed by atoms with Crippen LogP contribution in [0.1, 0.15) is 17.3 Å². The van der Waals surface area contributed by atoms with E-state index in [1.807, 2.05) is 24.3 Å². The second kappa shape index (κ2) is 6.17. The number of ether oxygens (including phenoxy) is 1. The Kier molecular flexibility index (Phi) is 4.05. The molecule has 2 aromatic carbocycles. The van der Waals surface area contributed by atoms with E-state index in [4.69, 9.17) is 15.0 Å². The standard InChI is InChI=1S/C18H16N2O4/c1-11(21)20(19)18(22)13-5-8-17-15(9-13)16(10-24-17)12-3-6-14(23-2)7-4-12/h3-10H,19H2,1-2H3. The van der Waals surface area contributed by atoms with Crippen molar-refractivity contribution < 1.29 is 18.7 Å². The molecule has 0 spiro atoms. The zero-order valence-corrected chi connectivity index (χ0v) is 13.3. The van der Waals surface area contributed by atoms with Crippen LogP contribution in [0.4, 0.5) is 0 Å². The molecule has 122 valence electrons. The lowest BCUT2D eigenvalue weighted by molar-refractivity contribution is -0.126. The number of fused-ring (bicyclic) bond motifs is 1. The SMILES string of the molecule is COc1ccc(-c2coc3ccc(C(=O)N(N)C(C)=O)cc23)cc1. The predicted molar refractivity (Wildman–Crippen MR) is 89.2 cm³/mol. The maximum atomic E-state index is 12.2. The smallest absolute Gasteiger partial charge is 0.274 e. The summed E-state index contributed by atoms with van der Waals surface area (Å²) >= 11 is 0. The van der Waals surface area contributed by atoms with E-state index in [9.17, 15) is 9.59 Å². The topological polar surface area (TPSA) is 85.8 Å². The molecule has 3 aromatic rings. The number of nitrogens with two attached hydrogens (primary N) is 1. The molecule has 0 saturated carbocycles. The molecule has 0 aliphatic heterocycles. The van der Waals surface area contributed by atoms with E-state index in [2.05, 4.69) is 0 Å². The second-order valence-electron chi connectivity index (χ2n) is 5.28. The molecule has 0 bridgehead atoms. The summed E-state index contributed by atoms with van der Waals surface area (Å²) in [4.78, 5) is 23.5. The van der Waals surface area contributed by atoms with E-state index >= 15 is 0 Å². The van der Waals surface area contributed by atoms with Crippen molar-refractivity contribution in [1.29, 1.82) is 0 Å². The third kappa shape index (κ3) is 2.75. The molecule has 0 saturated heterocycles. The number of carbonyl (C=O) groups excluding carboxylic acids is 2. The van der Waals surface area contributed by atoms with Gasteiger partial charge in [0.2, 0.25) is 5.91 Å². The summed E-state index contributed by atoms with van der Waals surface area (Å²) in [7, 11) is 1.60. The molecular formula is C18H16N2O4. The molecule has 2 amide bonds. The summed E-state index contributed by atoms with van der Waals surface area (Å²) < 4.78 is 10.7. The van der Waals surface area contributed by atoms with Crippen LogP contribution < -0.4 is 10.6 Å². The van der Waals surface area contributed by atoms with Gasteiger partial charge in [0.05, 0.1) is 13.4 Å². The van der Waals surface area contributed by atoms with Crippen LogP contribution in [-0.2, 0) is 4.79 Å². The van der Waals surface area contributed by atoms with Gasteiger partial charge in [-0.05, 0) is 35.9 Å². The first-order chi connectivity index (χ1) is 11.5. The number of hydrazine groups is 1. The van der Waals surface area contributed by atoms with Crippen molar-refractivity contribution in [2.75, 3.05) is 7.11 Å². The molecule has 0 aliphatic rings. The third-order valence-corrected chi connectivity index (χ3v) is 3.78. The summed E-state index contributed by atoms with van der Waals surface area (Å²) in [5.41, 5.74) is 2.73. The van der Waals surface area contributed by atoms with Gasteiger partial charge in [0.1, 0.15) is 11.3 Å². The van der Waals surface area contributed by atoms with Gasteiger partial charge in [0.15, 0.2) is 0 Å². The maximum absolute atomic E-state index is 12.2. The minimum Gasteiger partial charge on any atom is -0.497 e. The zero-order valence-electron chi connectivity index (χ0n) is 13.3. The average molecular weight is 324 g/mol. The van der Waals surface area contributed by atoms with Gasteiger partial charge in [0.25, 0.3) is 5.91 Å². The fraction of sp³-hybridized carbons (Fsp3) is 0.111. The molecule has 0 aliphatic carbocycles. The van der Waals surface area contributed by atoms with Gasteiger partial charge in [-0.15, -0.1) is 0 Å². The molecule has 0 radical (unpaired) electrons. The van der Waals surface area contributed by atoms with Crippen molar-refractivity contribution >= 4 is 22.8 Å². The summed E-state index contributed by atoms with van der Waals surface area (Å²) in [5.74, 6) is 5.15. The van der Waals surface area contributed by atoms with Crippen molar-refractivity contribution in [3.8, 4) is 16.9 Å². The van der Waals surface area contributed by atoms with Crippen molar-refractivity contribution in [3.63, 3.8) is 0 Å². The number of hydrogen-bond acceptors (Lipinski definition) is 5. The van der Waals surface area contributed by atoms with Crippen molar-refractivity contribution in [3.05, 3.63) is 54.3 Å². The van der Waals surface area contributed by atoms with Gasteiger partial charge in [-0.1, -0.05) is 12.1 Å². The van der Waals surface area contributed by atoms with Crippen LogP contribution in [0.2, 0.25) is 0 Å². The van der Waals surface area contributed by atoms with E-state index in [-0.39, 0.29) is 0 Å². The number of furan rings is 1. The molecular weight excluding hydrogens is 308 g/mol. The fourth-order valence-electron chi connectivity index (χ4n) is 2.44. The number of hydrogen-bond donors (Lipinski definition) is 1. The largest absolute Gasteiger partial charge is 0.497 e. The third-order valence-electron chi connectivity index (χ3n) is 3.78. The minimum absolute atomic E-state index is 0.316. The molecule has 0 fully saturated rings. The molecule has 0 atom stereocenters. The highest BCUT2D eigenvalue weighted by molar-refractivity contribution is 6.06. The summed E-state index contributed by atoms with van der Waals surface area (Å²) in [5, 5.41) is 1.36.